The molecular weight excluding hydrogens is 684 g/mol. The molecule has 0 saturated carbocycles. The smallest absolute Gasteiger partial charge is 0.335 e. The maximum Gasteiger partial charge on any atom is 0.335 e. The van der Waals surface area contributed by atoms with Crippen molar-refractivity contribution in [2.24, 2.45) is 10.8 Å². The molecule has 0 radical (unpaired) electrons. The van der Waals surface area contributed by atoms with Crippen LogP contribution < -0.4 is 16.0 Å². The Labute approximate surface area is 315 Å². The quantitative estimate of drug-likeness (QED) is 0.156. The minimum Gasteiger partial charge on any atom is -0.478 e. The van der Waals surface area contributed by atoms with Crippen LogP contribution in [0.3, 0.4) is 0 Å². The minimum atomic E-state index is -1.06. The zero-order valence-corrected chi connectivity index (χ0v) is 30.9. The number of nitrogens with zero attached hydrogens (tertiary/aromatic N) is 3. The molecule has 0 unspecified atom stereocenters. The lowest BCUT2D eigenvalue weighted by Gasteiger charge is -2.41. The van der Waals surface area contributed by atoms with Gasteiger partial charge in [-0.1, -0.05) is 50.2 Å². The van der Waals surface area contributed by atoms with Gasteiger partial charge in [0.1, 0.15) is 12.4 Å². The number of carboxylic acids is 1. The van der Waals surface area contributed by atoms with Crippen LogP contribution in [-0.4, -0.2) is 76.2 Å². The van der Waals surface area contributed by atoms with Gasteiger partial charge in [-0.3, -0.25) is 19.2 Å². The van der Waals surface area contributed by atoms with E-state index in [-0.39, 0.29) is 42.3 Å². The van der Waals surface area contributed by atoms with E-state index in [1.807, 2.05) is 69.4 Å². The van der Waals surface area contributed by atoms with E-state index in [9.17, 15) is 29.1 Å². The molecule has 280 valence electrons. The van der Waals surface area contributed by atoms with E-state index in [1.165, 1.54) is 24.3 Å². The Morgan fingerprint density at radius 2 is 1.46 bits per heavy atom. The average Bonchev–Trinajstić information content (AvgIpc) is 3.52. The van der Waals surface area contributed by atoms with Crippen molar-refractivity contribution in [2.75, 3.05) is 37.3 Å². The molecule has 1 aromatic heterocycles. The van der Waals surface area contributed by atoms with Gasteiger partial charge in [0.2, 0.25) is 17.7 Å². The molecule has 6 rings (SSSR count). The standard InChI is InChI=1S/C42H46N6O6/c1-41(17-20-47(21-18-41)37(50)28-11-13-29(14-12-28)38(51)52)40(54)48(26-32-9-5-4-8-31(32)25-43-3)27-36(49)45-34-16-15-30-23-42(2,24-33(30)22-34)39(53)46-35-10-6-7-19-44-35/h4-16,19,22,43H,17-18,20-21,23-27H2,1-3H3,(H,45,49)(H,51,52)(H,44,46,53)/t42-/m1/s1. The van der Waals surface area contributed by atoms with E-state index in [1.54, 1.807) is 28.1 Å². The molecule has 2 heterocycles. The van der Waals surface area contributed by atoms with Crippen LogP contribution in [0.4, 0.5) is 11.5 Å². The molecule has 1 aliphatic heterocycles. The predicted molar refractivity (Wildman–Crippen MR) is 205 cm³/mol. The normalized spacial score (nSPS) is 17.3. The van der Waals surface area contributed by atoms with Crippen molar-refractivity contribution >= 4 is 41.1 Å². The number of carboxylic acid groups (broad SMARTS) is 1. The van der Waals surface area contributed by atoms with Crippen LogP contribution in [0.2, 0.25) is 0 Å². The van der Waals surface area contributed by atoms with Gasteiger partial charge in [-0.05, 0) is 104 Å². The lowest BCUT2D eigenvalue weighted by atomic mass is 9.78. The molecule has 12 nitrogen and oxygen atoms in total. The number of piperidine rings is 1. The molecule has 0 spiro atoms. The number of pyridine rings is 1. The van der Waals surface area contributed by atoms with Gasteiger partial charge in [0.25, 0.3) is 5.91 Å². The molecule has 4 N–H and O–H groups in total. The number of aromatic nitrogens is 1. The molecular formula is C42H46N6O6. The number of nitrogens with one attached hydrogen (secondary N) is 3. The van der Waals surface area contributed by atoms with Gasteiger partial charge in [0.05, 0.1) is 11.0 Å². The first-order valence-corrected chi connectivity index (χ1v) is 18.1. The van der Waals surface area contributed by atoms with Crippen LogP contribution in [0.5, 0.6) is 0 Å². The highest BCUT2D eigenvalue weighted by atomic mass is 16.4. The molecule has 2 aliphatic rings. The lowest BCUT2D eigenvalue weighted by molar-refractivity contribution is -0.146. The number of anilines is 2. The van der Waals surface area contributed by atoms with Crippen LogP contribution in [0.1, 0.15) is 69.7 Å². The van der Waals surface area contributed by atoms with Crippen LogP contribution in [0.15, 0.2) is 91.1 Å². The summed E-state index contributed by atoms with van der Waals surface area (Å²) in [6, 6.07) is 24.7. The largest absolute Gasteiger partial charge is 0.478 e. The van der Waals surface area contributed by atoms with Crippen molar-refractivity contribution in [3.05, 3.63) is 125 Å². The van der Waals surface area contributed by atoms with Crippen molar-refractivity contribution in [1.82, 2.24) is 20.1 Å². The van der Waals surface area contributed by atoms with Crippen molar-refractivity contribution in [3.8, 4) is 0 Å². The number of amides is 4. The third kappa shape index (κ3) is 8.50. The van der Waals surface area contributed by atoms with Crippen LogP contribution in [-0.2, 0) is 40.3 Å². The second-order valence-corrected chi connectivity index (χ2v) is 14.8. The minimum absolute atomic E-state index is 0.101. The van der Waals surface area contributed by atoms with Crippen molar-refractivity contribution in [2.45, 2.75) is 52.6 Å². The van der Waals surface area contributed by atoms with E-state index in [0.717, 1.165) is 22.3 Å². The topological polar surface area (TPSA) is 161 Å². The first kappa shape index (κ1) is 37.9. The molecule has 4 aromatic rings. The lowest BCUT2D eigenvalue weighted by Crippen LogP contribution is -2.51. The van der Waals surface area contributed by atoms with Gasteiger partial charge in [0, 0.05) is 49.0 Å². The first-order valence-electron chi connectivity index (χ1n) is 18.1. The van der Waals surface area contributed by atoms with E-state index in [0.29, 0.717) is 62.4 Å². The van der Waals surface area contributed by atoms with E-state index >= 15 is 0 Å². The molecule has 54 heavy (non-hydrogen) atoms. The van der Waals surface area contributed by atoms with Gasteiger partial charge >= 0.3 is 5.97 Å². The predicted octanol–water partition coefficient (Wildman–Crippen LogP) is 5.15. The molecule has 1 saturated heterocycles. The highest BCUT2D eigenvalue weighted by molar-refractivity contribution is 5.98. The summed E-state index contributed by atoms with van der Waals surface area (Å²) in [4.78, 5) is 73.5. The number of hydrogen-bond acceptors (Lipinski definition) is 7. The van der Waals surface area contributed by atoms with Crippen LogP contribution in [0, 0.1) is 10.8 Å². The fraction of sp³-hybridized carbons (Fsp3) is 0.333. The second-order valence-electron chi connectivity index (χ2n) is 14.8. The monoisotopic (exact) mass is 730 g/mol. The highest BCUT2D eigenvalue weighted by Gasteiger charge is 2.42. The summed E-state index contributed by atoms with van der Waals surface area (Å²) in [7, 11) is 1.86. The van der Waals surface area contributed by atoms with Crippen molar-refractivity contribution in [3.63, 3.8) is 0 Å². The fourth-order valence-electron chi connectivity index (χ4n) is 7.40. The summed E-state index contributed by atoms with van der Waals surface area (Å²) < 4.78 is 0. The number of aromatic carboxylic acids is 1. The fourth-order valence-corrected chi connectivity index (χ4v) is 7.40. The van der Waals surface area contributed by atoms with Crippen LogP contribution >= 0.6 is 0 Å². The summed E-state index contributed by atoms with van der Waals surface area (Å²) in [5.74, 6) is -1.41. The van der Waals surface area contributed by atoms with E-state index in [4.69, 9.17) is 0 Å². The maximum atomic E-state index is 14.5. The first-order chi connectivity index (χ1) is 25.9. The van der Waals surface area contributed by atoms with E-state index < -0.39 is 16.8 Å². The molecule has 1 atom stereocenters. The zero-order chi connectivity index (χ0) is 38.5. The molecule has 0 bridgehead atoms. The number of carbonyl (C=O) groups is 5. The Bertz CT molecular complexity index is 2040. The summed E-state index contributed by atoms with van der Waals surface area (Å²) in [6.07, 6.45) is 3.49. The molecule has 3 aromatic carbocycles. The molecule has 12 heteroatoms. The number of carbonyl (C=O) groups excluding carboxylic acids is 4. The van der Waals surface area contributed by atoms with Gasteiger partial charge in [-0.25, -0.2) is 9.78 Å². The Balaban J connectivity index is 1.14. The second kappa shape index (κ2) is 16.0. The number of fused-ring (bicyclic) bond motifs is 1. The van der Waals surface area contributed by atoms with Crippen LogP contribution in [0.25, 0.3) is 0 Å². The van der Waals surface area contributed by atoms with Crippen molar-refractivity contribution < 1.29 is 29.1 Å². The SMILES string of the molecule is CNCc1ccccc1CN(CC(=O)Nc1ccc2c(c1)C[C@](C)(C(=O)Nc1ccccn1)C2)C(=O)C1(C)CCN(C(=O)c2ccc(C(=O)O)cc2)CC1. The summed E-state index contributed by atoms with van der Waals surface area (Å²) in [6.45, 7) is 5.15. The van der Waals surface area contributed by atoms with Gasteiger partial charge in [0.15, 0.2) is 0 Å². The average molecular weight is 731 g/mol. The van der Waals surface area contributed by atoms with E-state index in [2.05, 4.69) is 20.9 Å². The Kier molecular flexibility index (Phi) is 11.2. The maximum absolute atomic E-state index is 14.5. The van der Waals surface area contributed by atoms with Crippen molar-refractivity contribution in [1.29, 1.82) is 0 Å². The number of likely N-dealkylation sites (tertiary alicyclic amines) is 1. The number of hydrogen-bond donors (Lipinski definition) is 4. The molecule has 1 aliphatic carbocycles. The zero-order valence-electron chi connectivity index (χ0n) is 30.9. The Morgan fingerprint density at radius 1 is 0.796 bits per heavy atom. The number of benzene rings is 3. The molecule has 1 fully saturated rings. The summed E-state index contributed by atoms with van der Waals surface area (Å²) >= 11 is 0. The van der Waals surface area contributed by atoms with Gasteiger partial charge in [-0.15, -0.1) is 0 Å². The number of rotatable bonds is 12. The Hall–Kier alpha value is -5.88. The van der Waals surface area contributed by atoms with Gasteiger partial charge < -0.3 is 30.9 Å². The third-order valence-electron chi connectivity index (χ3n) is 10.6. The Morgan fingerprint density at radius 3 is 2.13 bits per heavy atom. The highest BCUT2D eigenvalue weighted by Crippen LogP contribution is 2.39. The third-order valence-corrected chi connectivity index (χ3v) is 10.6. The summed E-state index contributed by atoms with van der Waals surface area (Å²) in [5.41, 5.74) is 3.55. The summed E-state index contributed by atoms with van der Waals surface area (Å²) in [5, 5.41) is 18.3. The molecule has 4 amide bonds. The van der Waals surface area contributed by atoms with Gasteiger partial charge in [-0.2, -0.15) is 0 Å².